The van der Waals surface area contributed by atoms with E-state index in [1.807, 2.05) is 27.7 Å². The van der Waals surface area contributed by atoms with Crippen LogP contribution in [-0.4, -0.2) is 31.6 Å². The molecule has 0 amide bonds. The average molecular weight is 382 g/mol. The van der Waals surface area contributed by atoms with E-state index in [4.69, 9.17) is 14.0 Å². The lowest BCUT2D eigenvalue weighted by molar-refractivity contribution is -0.372. The molecule has 4 aliphatic rings. The topological polar surface area (TPSA) is 27.7 Å². The molecule has 2 bridgehead atoms. The number of halogens is 3. The zero-order valence-electron chi connectivity index (χ0n) is 16.4. The first-order valence-electron chi connectivity index (χ1n) is 9.38. The van der Waals surface area contributed by atoms with Crippen molar-refractivity contribution in [3.8, 4) is 0 Å². The van der Waals surface area contributed by atoms with Crippen LogP contribution in [0.2, 0.25) is 5.31 Å². The van der Waals surface area contributed by atoms with E-state index in [-0.39, 0.29) is 10.9 Å². The first kappa shape index (κ1) is 19.3. The van der Waals surface area contributed by atoms with Crippen molar-refractivity contribution in [2.24, 2.45) is 5.41 Å². The lowest BCUT2D eigenvalue weighted by Crippen LogP contribution is -2.75. The molecule has 27 heavy (non-hydrogen) atoms. The van der Waals surface area contributed by atoms with Crippen LogP contribution >= 0.6 is 0 Å². The molecule has 1 atom stereocenters. The van der Waals surface area contributed by atoms with Crippen LogP contribution in [0.4, 0.5) is 13.2 Å². The lowest BCUT2D eigenvalue weighted by Gasteiger charge is -2.76. The molecule has 1 aliphatic heterocycles. The van der Waals surface area contributed by atoms with Crippen LogP contribution in [-0.2, 0) is 19.6 Å². The minimum absolute atomic E-state index is 0.169. The summed E-state index contributed by atoms with van der Waals surface area (Å²) in [6, 6.07) is 8.00. The fourth-order valence-electron chi connectivity index (χ4n) is 5.48. The van der Waals surface area contributed by atoms with Crippen molar-refractivity contribution < 1.29 is 27.2 Å². The molecule has 0 N–H and O–H groups in total. The molecule has 3 aliphatic carbocycles. The molecule has 0 radical (unpaired) electrons. The summed E-state index contributed by atoms with van der Waals surface area (Å²) in [5, 5.41) is -0.352. The third-order valence-electron chi connectivity index (χ3n) is 7.46. The fourth-order valence-corrected chi connectivity index (χ4v) is 5.48. The van der Waals surface area contributed by atoms with Crippen LogP contribution in [0.3, 0.4) is 0 Å². The average Bonchev–Trinajstić information content (AvgIpc) is 2.68. The Bertz CT molecular complexity index is 711. The van der Waals surface area contributed by atoms with Gasteiger partial charge in [0.2, 0.25) is 0 Å². The van der Waals surface area contributed by atoms with Gasteiger partial charge < -0.3 is 14.0 Å². The van der Waals surface area contributed by atoms with Gasteiger partial charge in [0.05, 0.1) is 11.2 Å². The molecule has 3 nitrogen and oxygen atoms in total. The SMILES string of the molecule is COC(c1ccccc1)(C(F)(F)F)C12CC(B3OC(C)(C)C(C)(C)O3)(C1)C2. The molecule has 0 spiro atoms. The first-order valence-corrected chi connectivity index (χ1v) is 9.38. The Morgan fingerprint density at radius 3 is 1.81 bits per heavy atom. The number of ether oxygens (including phenoxy) is 1. The number of alkyl halides is 3. The Morgan fingerprint density at radius 1 is 0.926 bits per heavy atom. The molecule has 1 unspecified atom stereocenters. The summed E-state index contributed by atoms with van der Waals surface area (Å²) in [6.07, 6.45) is -3.34. The van der Waals surface area contributed by atoms with Crippen LogP contribution < -0.4 is 0 Å². The maximum absolute atomic E-state index is 14.4. The third kappa shape index (κ3) is 2.22. The van der Waals surface area contributed by atoms with Crippen LogP contribution in [0.25, 0.3) is 0 Å². The van der Waals surface area contributed by atoms with Gasteiger partial charge in [0.15, 0.2) is 5.60 Å². The molecule has 148 valence electrons. The minimum atomic E-state index is -4.51. The molecule has 5 rings (SSSR count). The summed E-state index contributed by atoms with van der Waals surface area (Å²) in [6.45, 7) is 7.86. The highest BCUT2D eigenvalue weighted by atomic mass is 19.4. The normalized spacial score (nSPS) is 35.9. The van der Waals surface area contributed by atoms with Crippen LogP contribution in [0.5, 0.6) is 0 Å². The molecule has 7 heteroatoms. The smallest absolute Gasteiger partial charge is 0.403 e. The van der Waals surface area contributed by atoms with E-state index >= 15 is 0 Å². The van der Waals surface area contributed by atoms with Crippen LogP contribution in [0.1, 0.15) is 52.5 Å². The zero-order chi connectivity index (χ0) is 19.9. The second kappa shape index (κ2) is 5.31. The monoisotopic (exact) mass is 382 g/mol. The number of benzene rings is 1. The number of rotatable bonds is 4. The Hall–Kier alpha value is -1.05. The van der Waals surface area contributed by atoms with Crippen LogP contribution in [0.15, 0.2) is 30.3 Å². The third-order valence-corrected chi connectivity index (χ3v) is 7.46. The van der Waals surface area contributed by atoms with Crippen molar-refractivity contribution in [1.29, 1.82) is 0 Å². The quantitative estimate of drug-likeness (QED) is 0.678. The predicted octanol–water partition coefficient (Wildman–Crippen LogP) is 5.11. The maximum Gasteiger partial charge on any atom is 0.464 e. The lowest BCUT2D eigenvalue weighted by atomic mass is 9.21. The highest BCUT2D eigenvalue weighted by Gasteiger charge is 2.86. The molecule has 1 aromatic carbocycles. The molecular weight excluding hydrogens is 356 g/mol. The summed E-state index contributed by atoms with van der Waals surface area (Å²) in [7, 11) is 0.699. The van der Waals surface area contributed by atoms with E-state index in [0.29, 0.717) is 19.3 Å². The van der Waals surface area contributed by atoms with E-state index in [2.05, 4.69) is 0 Å². The predicted molar refractivity (Wildman–Crippen MR) is 96.2 cm³/mol. The van der Waals surface area contributed by atoms with E-state index < -0.39 is 35.5 Å². The Kier molecular flexibility index (Phi) is 3.79. The van der Waals surface area contributed by atoms with Gasteiger partial charge in [-0.25, -0.2) is 0 Å². The van der Waals surface area contributed by atoms with Crippen molar-refractivity contribution in [2.45, 2.75) is 75.3 Å². The molecule has 1 aromatic rings. The highest BCUT2D eigenvalue weighted by molar-refractivity contribution is 6.51. The van der Waals surface area contributed by atoms with E-state index in [0.717, 1.165) is 0 Å². The molecule has 3 saturated carbocycles. The van der Waals surface area contributed by atoms with E-state index in [1.54, 1.807) is 18.2 Å². The van der Waals surface area contributed by atoms with Crippen molar-refractivity contribution in [3.63, 3.8) is 0 Å². The largest absolute Gasteiger partial charge is 0.464 e. The van der Waals surface area contributed by atoms with E-state index in [1.165, 1.54) is 19.2 Å². The standard InChI is InChI=1S/C20H26BF3O3/c1-15(2)16(3,4)27-21(26-15)18-11-17(12-18,13-18)19(25-5,20(22,23)24)14-9-7-6-8-10-14/h6-10H,11-13H2,1-5H3. The summed E-state index contributed by atoms with van der Waals surface area (Å²) in [5.74, 6) is 0. The second-order valence-corrected chi connectivity index (χ2v) is 9.51. The van der Waals surface area contributed by atoms with Crippen LogP contribution in [0, 0.1) is 5.41 Å². The van der Waals surface area contributed by atoms with Gasteiger partial charge in [0.1, 0.15) is 0 Å². The van der Waals surface area contributed by atoms with Gasteiger partial charge >= 0.3 is 13.3 Å². The Morgan fingerprint density at radius 2 is 1.41 bits per heavy atom. The van der Waals surface area contributed by atoms with Crippen molar-refractivity contribution in [3.05, 3.63) is 35.9 Å². The van der Waals surface area contributed by atoms with Gasteiger partial charge in [-0.2, -0.15) is 13.2 Å². The highest BCUT2D eigenvalue weighted by Crippen LogP contribution is 2.87. The van der Waals surface area contributed by atoms with Crippen molar-refractivity contribution >= 4 is 7.12 Å². The van der Waals surface area contributed by atoms with Crippen molar-refractivity contribution in [1.82, 2.24) is 0 Å². The summed E-state index contributed by atoms with van der Waals surface area (Å²) < 4.78 is 60.7. The van der Waals surface area contributed by atoms with Gasteiger partial charge in [0.25, 0.3) is 0 Å². The second-order valence-electron chi connectivity index (χ2n) is 9.51. The molecule has 1 saturated heterocycles. The summed E-state index contributed by atoms with van der Waals surface area (Å²) in [5.41, 5.74) is -4.07. The number of hydrogen-bond donors (Lipinski definition) is 0. The van der Waals surface area contributed by atoms with Gasteiger partial charge in [-0.3, -0.25) is 0 Å². The zero-order valence-corrected chi connectivity index (χ0v) is 16.4. The van der Waals surface area contributed by atoms with Gasteiger partial charge in [-0.15, -0.1) is 0 Å². The fraction of sp³-hybridized carbons (Fsp3) is 0.700. The van der Waals surface area contributed by atoms with Gasteiger partial charge in [-0.1, -0.05) is 30.3 Å². The van der Waals surface area contributed by atoms with Gasteiger partial charge in [0, 0.05) is 17.8 Å². The summed E-state index contributed by atoms with van der Waals surface area (Å²) in [4.78, 5) is 0. The molecule has 1 heterocycles. The number of hydrogen-bond acceptors (Lipinski definition) is 3. The van der Waals surface area contributed by atoms with E-state index in [9.17, 15) is 13.2 Å². The molecule has 4 fully saturated rings. The Balaban J connectivity index is 1.64. The van der Waals surface area contributed by atoms with Crippen molar-refractivity contribution in [2.75, 3.05) is 7.11 Å². The summed E-state index contributed by atoms with van der Waals surface area (Å²) >= 11 is 0. The number of methoxy groups -OCH3 is 1. The minimum Gasteiger partial charge on any atom is -0.403 e. The molecule has 0 aromatic heterocycles. The molecular formula is C20H26BF3O3. The first-order chi connectivity index (χ1) is 12.3. The van der Waals surface area contributed by atoms with Gasteiger partial charge in [-0.05, 0) is 52.5 Å². The Labute approximate surface area is 158 Å². The maximum atomic E-state index is 14.4.